The number of aryl methyl sites for hydroxylation is 1. The summed E-state index contributed by atoms with van der Waals surface area (Å²) < 4.78 is 7.44. The molecular weight excluding hydrogens is 354 g/mol. The zero-order valence-corrected chi connectivity index (χ0v) is 15.7. The third-order valence-electron chi connectivity index (χ3n) is 4.18. The minimum atomic E-state index is -0.367. The normalized spacial score (nSPS) is 10.3. The number of hydrogen-bond acceptors (Lipinski definition) is 3. The zero-order chi connectivity index (χ0) is 19.8. The van der Waals surface area contributed by atoms with Crippen molar-refractivity contribution in [2.75, 3.05) is 6.61 Å². The molecule has 2 N–H and O–H groups in total. The summed E-state index contributed by atoms with van der Waals surface area (Å²) in [7, 11) is 0. The Morgan fingerprint density at radius 1 is 0.929 bits per heavy atom. The molecule has 1 aromatic heterocycles. The maximum absolute atomic E-state index is 12.4. The number of carbonyl (C=O) groups excluding carboxylic acids is 2. The summed E-state index contributed by atoms with van der Waals surface area (Å²) in [6.45, 7) is 2.44. The molecule has 2 amide bonds. The summed E-state index contributed by atoms with van der Waals surface area (Å²) in [6.07, 6.45) is 4.53. The second kappa shape index (κ2) is 9.41. The molecule has 0 saturated heterocycles. The van der Waals surface area contributed by atoms with Crippen LogP contribution in [0.3, 0.4) is 0 Å². The van der Waals surface area contributed by atoms with Gasteiger partial charge in [0.1, 0.15) is 5.75 Å². The summed E-state index contributed by atoms with van der Waals surface area (Å²) in [4.78, 5) is 24.4. The lowest BCUT2D eigenvalue weighted by atomic mass is 10.1. The van der Waals surface area contributed by atoms with Crippen molar-refractivity contribution in [1.29, 1.82) is 0 Å². The number of carbonyl (C=O) groups is 2. The van der Waals surface area contributed by atoms with E-state index < -0.39 is 0 Å². The Balaban J connectivity index is 1.43. The van der Waals surface area contributed by atoms with Crippen LogP contribution >= 0.6 is 0 Å². The largest absolute Gasteiger partial charge is 0.494 e. The average molecular weight is 377 g/mol. The molecule has 0 spiro atoms. The van der Waals surface area contributed by atoms with Crippen LogP contribution in [-0.2, 0) is 4.79 Å². The Kier molecular flexibility index (Phi) is 6.46. The highest BCUT2D eigenvalue weighted by Crippen LogP contribution is 2.14. The smallest absolute Gasteiger partial charge is 0.271 e. The number of ether oxygens (including phenoxy) is 1. The number of para-hydroxylation sites is 1. The molecule has 0 saturated carbocycles. The van der Waals surface area contributed by atoms with Crippen LogP contribution in [0.25, 0.3) is 5.69 Å². The third-order valence-corrected chi connectivity index (χ3v) is 4.18. The second-order valence-corrected chi connectivity index (χ2v) is 6.37. The summed E-state index contributed by atoms with van der Waals surface area (Å²) in [5.41, 5.74) is 7.31. The molecule has 0 aliphatic rings. The highest BCUT2D eigenvalue weighted by Gasteiger charge is 2.12. The number of benzene rings is 2. The van der Waals surface area contributed by atoms with E-state index >= 15 is 0 Å². The predicted octanol–water partition coefficient (Wildman–Crippen LogP) is 3.41. The molecule has 144 valence electrons. The van der Waals surface area contributed by atoms with E-state index in [0.29, 0.717) is 18.6 Å². The van der Waals surface area contributed by atoms with Crippen LogP contribution in [0.4, 0.5) is 0 Å². The minimum absolute atomic E-state index is 0.255. The molecule has 6 heteroatoms. The van der Waals surface area contributed by atoms with Crippen LogP contribution in [0.2, 0.25) is 0 Å². The number of rotatable bonds is 7. The first-order valence-electron chi connectivity index (χ1n) is 9.14. The van der Waals surface area contributed by atoms with Crippen LogP contribution in [0.1, 0.15) is 28.8 Å². The molecule has 0 radical (unpaired) electrons. The van der Waals surface area contributed by atoms with Crippen LogP contribution < -0.4 is 15.6 Å². The van der Waals surface area contributed by atoms with E-state index in [1.165, 1.54) is 5.56 Å². The van der Waals surface area contributed by atoms with Gasteiger partial charge in [0.15, 0.2) is 0 Å². The molecule has 0 atom stereocenters. The van der Waals surface area contributed by atoms with Gasteiger partial charge in [-0.15, -0.1) is 0 Å². The van der Waals surface area contributed by atoms with Crippen molar-refractivity contribution in [3.63, 3.8) is 0 Å². The Morgan fingerprint density at radius 3 is 2.39 bits per heavy atom. The Hall–Kier alpha value is -3.54. The van der Waals surface area contributed by atoms with Gasteiger partial charge in [-0.3, -0.25) is 20.4 Å². The molecule has 28 heavy (non-hydrogen) atoms. The molecule has 3 rings (SSSR count). The van der Waals surface area contributed by atoms with Crippen LogP contribution in [-0.4, -0.2) is 23.0 Å². The van der Waals surface area contributed by atoms with Gasteiger partial charge in [0.2, 0.25) is 5.91 Å². The van der Waals surface area contributed by atoms with Crippen molar-refractivity contribution in [3.8, 4) is 11.4 Å². The van der Waals surface area contributed by atoms with Gasteiger partial charge in [0.05, 0.1) is 17.9 Å². The quantitative estimate of drug-likeness (QED) is 0.490. The van der Waals surface area contributed by atoms with E-state index in [4.69, 9.17) is 4.74 Å². The standard InChI is InChI=1S/C22H23N3O3/c1-17-10-12-18(13-11-17)28-16-6-9-21(26)23-24-22(27)19-7-2-3-8-20(19)25-14-4-5-15-25/h2-5,7-8,10-15H,6,9,16H2,1H3,(H,23,26)(H,24,27). The Morgan fingerprint density at radius 2 is 1.64 bits per heavy atom. The van der Waals surface area contributed by atoms with E-state index in [1.807, 2.05) is 72.4 Å². The topological polar surface area (TPSA) is 72.4 Å². The van der Waals surface area contributed by atoms with Crippen LogP contribution in [0.5, 0.6) is 5.75 Å². The van der Waals surface area contributed by atoms with Crippen LogP contribution in [0.15, 0.2) is 73.1 Å². The number of nitrogens with zero attached hydrogens (tertiary/aromatic N) is 1. The number of aromatic nitrogens is 1. The van der Waals surface area contributed by atoms with E-state index in [9.17, 15) is 9.59 Å². The van der Waals surface area contributed by atoms with E-state index in [2.05, 4.69) is 10.9 Å². The first-order chi connectivity index (χ1) is 13.6. The average Bonchev–Trinajstić information content (AvgIpc) is 3.25. The SMILES string of the molecule is Cc1ccc(OCCCC(=O)NNC(=O)c2ccccc2-n2cccc2)cc1. The Labute approximate surface area is 164 Å². The first-order valence-corrected chi connectivity index (χ1v) is 9.14. The van der Waals surface area contributed by atoms with E-state index in [1.54, 1.807) is 12.1 Å². The molecule has 2 aromatic carbocycles. The van der Waals surface area contributed by atoms with Crippen molar-refractivity contribution in [3.05, 3.63) is 84.2 Å². The van der Waals surface area contributed by atoms with Crippen molar-refractivity contribution >= 4 is 11.8 Å². The number of hydrogen-bond donors (Lipinski definition) is 2. The fourth-order valence-electron chi connectivity index (χ4n) is 2.70. The van der Waals surface area contributed by atoms with Crippen molar-refractivity contribution in [2.24, 2.45) is 0 Å². The van der Waals surface area contributed by atoms with Crippen molar-refractivity contribution in [2.45, 2.75) is 19.8 Å². The van der Waals surface area contributed by atoms with Gasteiger partial charge in [0, 0.05) is 18.8 Å². The fraction of sp³-hybridized carbons (Fsp3) is 0.182. The molecule has 0 aliphatic carbocycles. The lowest BCUT2D eigenvalue weighted by molar-refractivity contribution is -0.122. The first kappa shape index (κ1) is 19.2. The van der Waals surface area contributed by atoms with Gasteiger partial charge in [-0.2, -0.15) is 0 Å². The number of hydrazine groups is 1. The number of amides is 2. The molecule has 0 unspecified atom stereocenters. The lowest BCUT2D eigenvalue weighted by Gasteiger charge is -2.12. The molecule has 0 fully saturated rings. The predicted molar refractivity (Wildman–Crippen MR) is 107 cm³/mol. The molecule has 0 bridgehead atoms. The summed E-state index contributed by atoms with van der Waals surface area (Å²) in [6, 6.07) is 18.7. The summed E-state index contributed by atoms with van der Waals surface area (Å²) in [5.74, 6) is 0.147. The summed E-state index contributed by atoms with van der Waals surface area (Å²) in [5, 5.41) is 0. The molecule has 0 aliphatic heterocycles. The van der Waals surface area contributed by atoms with Crippen molar-refractivity contribution < 1.29 is 14.3 Å². The molecule has 3 aromatic rings. The van der Waals surface area contributed by atoms with Gasteiger partial charge >= 0.3 is 0 Å². The fourth-order valence-corrected chi connectivity index (χ4v) is 2.70. The second-order valence-electron chi connectivity index (χ2n) is 6.37. The lowest BCUT2D eigenvalue weighted by Crippen LogP contribution is -2.42. The highest BCUT2D eigenvalue weighted by molar-refractivity contribution is 5.98. The van der Waals surface area contributed by atoms with Gasteiger partial charge in [-0.25, -0.2) is 0 Å². The van der Waals surface area contributed by atoms with E-state index in [0.717, 1.165) is 11.4 Å². The summed E-state index contributed by atoms with van der Waals surface area (Å²) >= 11 is 0. The highest BCUT2D eigenvalue weighted by atomic mass is 16.5. The van der Waals surface area contributed by atoms with Gasteiger partial charge in [0.25, 0.3) is 5.91 Å². The Bertz CT molecular complexity index is 918. The number of nitrogens with one attached hydrogen (secondary N) is 2. The maximum atomic E-state index is 12.4. The van der Waals surface area contributed by atoms with E-state index in [-0.39, 0.29) is 18.2 Å². The monoisotopic (exact) mass is 377 g/mol. The maximum Gasteiger partial charge on any atom is 0.271 e. The van der Waals surface area contributed by atoms with Crippen molar-refractivity contribution in [1.82, 2.24) is 15.4 Å². The van der Waals surface area contributed by atoms with Crippen LogP contribution in [0, 0.1) is 6.92 Å². The third kappa shape index (κ3) is 5.23. The zero-order valence-electron chi connectivity index (χ0n) is 15.7. The van der Waals surface area contributed by atoms with Gasteiger partial charge in [-0.05, 0) is 49.7 Å². The van der Waals surface area contributed by atoms with Gasteiger partial charge < -0.3 is 9.30 Å². The molecular formula is C22H23N3O3. The molecule has 1 heterocycles. The minimum Gasteiger partial charge on any atom is -0.494 e. The van der Waals surface area contributed by atoms with Gasteiger partial charge in [-0.1, -0.05) is 29.8 Å². The molecule has 6 nitrogen and oxygen atoms in total.